The molecule has 0 aliphatic carbocycles. The van der Waals surface area contributed by atoms with Crippen LogP contribution < -0.4 is 5.32 Å². The molecule has 5 heteroatoms. The molecule has 0 aromatic heterocycles. The van der Waals surface area contributed by atoms with Crippen molar-refractivity contribution in [2.75, 3.05) is 13.2 Å². The van der Waals surface area contributed by atoms with E-state index in [2.05, 4.69) is 5.32 Å². The lowest BCUT2D eigenvalue weighted by molar-refractivity contribution is -0.139. The van der Waals surface area contributed by atoms with Gasteiger partial charge in [0.05, 0.1) is 6.61 Å². The predicted molar refractivity (Wildman–Crippen MR) is 47.5 cm³/mol. The minimum atomic E-state index is -0.763. The molecule has 2 unspecified atom stereocenters. The molecule has 2 N–H and O–H groups in total. The highest BCUT2D eigenvalue weighted by atomic mass is 127. The summed E-state index contributed by atoms with van der Waals surface area (Å²) in [6.07, 6.45) is 0.679. The van der Waals surface area contributed by atoms with Gasteiger partial charge in [-0.05, 0) is 12.3 Å². The van der Waals surface area contributed by atoms with Crippen LogP contribution in [0.5, 0.6) is 0 Å². The summed E-state index contributed by atoms with van der Waals surface area (Å²) in [4.78, 5) is 10.4. The maximum absolute atomic E-state index is 10.4. The van der Waals surface area contributed by atoms with Gasteiger partial charge in [0.15, 0.2) is 0 Å². The van der Waals surface area contributed by atoms with Crippen LogP contribution in [0.2, 0.25) is 0 Å². The number of nitrogens with one attached hydrogen (secondary N) is 1. The van der Waals surface area contributed by atoms with E-state index in [-0.39, 0.29) is 6.04 Å². The second-order valence-corrected chi connectivity index (χ2v) is 3.30. The minimum Gasteiger partial charge on any atom is -0.480 e. The van der Waals surface area contributed by atoms with E-state index in [0.29, 0.717) is 18.9 Å². The monoisotopic (exact) mass is 271 g/mol. The van der Waals surface area contributed by atoms with Crippen molar-refractivity contribution < 1.29 is 13.0 Å². The third kappa shape index (κ3) is 2.57. The van der Waals surface area contributed by atoms with Crippen molar-refractivity contribution in [3.8, 4) is 0 Å². The second kappa shape index (κ2) is 4.22. The van der Waals surface area contributed by atoms with Crippen LogP contribution in [0.15, 0.2) is 0 Å². The van der Waals surface area contributed by atoms with Crippen LogP contribution in [0, 0.1) is 5.92 Å². The van der Waals surface area contributed by atoms with E-state index < -0.39 is 5.97 Å². The molecule has 1 fully saturated rings. The Bertz CT molecular complexity index is 153. The van der Waals surface area contributed by atoms with Crippen LogP contribution >= 0.6 is 23.0 Å². The first kappa shape index (κ1) is 9.21. The van der Waals surface area contributed by atoms with Crippen LogP contribution in [0.25, 0.3) is 0 Å². The van der Waals surface area contributed by atoms with Gasteiger partial charge in [-0.1, -0.05) is 0 Å². The lowest BCUT2D eigenvalue weighted by Gasteiger charge is -2.03. The molecule has 0 bridgehead atoms. The Morgan fingerprint density at radius 1 is 1.82 bits per heavy atom. The first-order valence-corrected chi connectivity index (χ1v) is 4.32. The minimum absolute atomic E-state index is 0.355. The van der Waals surface area contributed by atoms with Crippen molar-refractivity contribution >= 4 is 29.0 Å². The van der Waals surface area contributed by atoms with E-state index in [4.69, 9.17) is 8.17 Å². The van der Waals surface area contributed by atoms with Crippen molar-refractivity contribution in [3.63, 3.8) is 0 Å². The van der Waals surface area contributed by atoms with Crippen LogP contribution in [0.4, 0.5) is 0 Å². The first-order chi connectivity index (χ1) is 5.24. The van der Waals surface area contributed by atoms with Crippen molar-refractivity contribution in [1.29, 1.82) is 0 Å². The van der Waals surface area contributed by atoms with E-state index in [1.54, 1.807) is 0 Å². The molecule has 1 aliphatic heterocycles. The maximum Gasteiger partial charge on any atom is 0.320 e. The summed E-state index contributed by atoms with van der Waals surface area (Å²) in [6.45, 7) is 1.39. The number of carbonyl (C=O) groups is 1. The average molecular weight is 271 g/mol. The molecule has 4 nitrogen and oxygen atoms in total. The predicted octanol–water partition coefficient (Wildman–Crippen LogP) is 0.416. The molecule has 0 radical (unpaired) electrons. The van der Waals surface area contributed by atoms with Crippen LogP contribution in [0.1, 0.15) is 6.42 Å². The summed E-state index contributed by atoms with van der Waals surface area (Å²) in [5.41, 5.74) is 0. The van der Waals surface area contributed by atoms with E-state index in [9.17, 15) is 4.79 Å². The molecule has 1 rings (SSSR count). The third-order valence-corrected chi connectivity index (χ3v) is 2.18. The largest absolute Gasteiger partial charge is 0.480 e. The summed E-state index contributed by atoms with van der Waals surface area (Å²) >= 11 is 1.83. The van der Waals surface area contributed by atoms with Crippen molar-refractivity contribution in [3.05, 3.63) is 0 Å². The summed E-state index contributed by atoms with van der Waals surface area (Å²) in [7, 11) is 0. The molecule has 0 aromatic rings. The molecule has 11 heavy (non-hydrogen) atoms. The lowest BCUT2D eigenvalue weighted by Crippen LogP contribution is -2.29. The molecule has 0 amide bonds. The van der Waals surface area contributed by atoms with Crippen LogP contribution in [-0.4, -0.2) is 30.3 Å². The van der Waals surface area contributed by atoms with Crippen molar-refractivity contribution in [2.45, 2.75) is 12.5 Å². The molecule has 1 heterocycles. The SMILES string of the molecule is O=C(O)C1CC(COI)CN1. The zero-order chi connectivity index (χ0) is 8.27. The van der Waals surface area contributed by atoms with Gasteiger partial charge >= 0.3 is 5.97 Å². The number of halogens is 1. The normalized spacial score (nSPS) is 30.6. The maximum atomic E-state index is 10.4. The fourth-order valence-corrected chi connectivity index (χ4v) is 1.72. The summed E-state index contributed by atoms with van der Waals surface area (Å²) in [5.74, 6) is -0.408. The highest BCUT2D eigenvalue weighted by Crippen LogP contribution is 2.15. The Morgan fingerprint density at radius 2 is 2.55 bits per heavy atom. The Morgan fingerprint density at radius 3 is 3.00 bits per heavy atom. The van der Waals surface area contributed by atoms with Gasteiger partial charge in [0.1, 0.15) is 29.0 Å². The quantitative estimate of drug-likeness (QED) is 0.730. The highest BCUT2D eigenvalue weighted by Gasteiger charge is 2.28. The Labute approximate surface area is 79.0 Å². The fourth-order valence-electron chi connectivity index (χ4n) is 1.21. The van der Waals surface area contributed by atoms with Gasteiger partial charge in [-0.15, -0.1) is 0 Å². The fraction of sp³-hybridized carbons (Fsp3) is 0.833. The highest BCUT2D eigenvalue weighted by molar-refractivity contribution is 14.1. The zero-order valence-corrected chi connectivity index (χ0v) is 8.08. The molecule has 1 saturated heterocycles. The second-order valence-electron chi connectivity index (χ2n) is 2.68. The van der Waals surface area contributed by atoms with E-state index in [1.807, 2.05) is 23.0 Å². The average Bonchev–Trinajstić information content (AvgIpc) is 2.37. The number of carboxylic acid groups (broad SMARTS) is 1. The molecule has 2 atom stereocenters. The Hall–Kier alpha value is 0.120. The van der Waals surface area contributed by atoms with E-state index >= 15 is 0 Å². The van der Waals surface area contributed by atoms with Gasteiger partial charge < -0.3 is 13.5 Å². The molecule has 0 saturated carbocycles. The molecule has 64 valence electrons. The standard InChI is InChI=1S/C6H10INO3/c7-11-3-4-1-5(6(9)10)8-2-4/h4-5,8H,1-3H2,(H,9,10). The number of aliphatic carboxylic acids is 1. The van der Waals surface area contributed by atoms with Crippen molar-refractivity contribution in [1.82, 2.24) is 5.32 Å². The smallest absolute Gasteiger partial charge is 0.320 e. The van der Waals surface area contributed by atoms with Crippen LogP contribution in [-0.2, 0) is 7.86 Å². The van der Waals surface area contributed by atoms with Gasteiger partial charge in [0.25, 0.3) is 0 Å². The van der Waals surface area contributed by atoms with Gasteiger partial charge in [-0.3, -0.25) is 4.79 Å². The summed E-state index contributed by atoms with van der Waals surface area (Å²) in [5, 5.41) is 11.5. The van der Waals surface area contributed by atoms with E-state index in [0.717, 1.165) is 6.54 Å². The van der Waals surface area contributed by atoms with Crippen molar-refractivity contribution in [2.24, 2.45) is 5.92 Å². The Balaban J connectivity index is 2.29. The topological polar surface area (TPSA) is 58.6 Å². The van der Waals surface area contributed by atoms with E-state index in [1.165, 1.54) is 0 Å². The van der Waals surface area contributed by atoms with Crippen LogP contribution in [0.3, 0.4) is 0 Å². The molecule has 0 aromatic carbocycles. The van der Waals surface area contributed by atoms with Gasteiger partial charge in [-0.2, -0.15) is 0 Å². The number of hydrogen-bond donors (Lipinski definition) is 2. The lowest BCUT2D eigenvalue weighted by atomic mass is 10.1. The van der Waals surface area contributed by atoms with Gasteiger partial charge in [0, 0.05) is 6.54 Å². The molecule has 0 spiro atoms. The number of carboxylic acids is 1. The number of hydrogen-bond acceptors (Lipinski definition) is 3. The first-order valence-electron chi connectivity index (χ1n) is 3.43. The molecular weight excluding hydrogens is 261 g/mol. The Kier molecular flexibility index (Phi) is 3.53. The van der Waals surface area contributed by atoms with Gasteiger partial charge in [-0.25, -0.2) is 0 Å². The zero-order valence-electron chi connectivity index (χ0n) is 5.92. The third-order valence-electron chi connectivity index (χ3n) is 1.82. The number of rotatable bonds is 3. The molecule has 1 aliphatic rings. The van der Waals surface area contributed by atoms with Gasteiger partial charge in [0.2, 0.25) is 0 Å². The summed E-state index contributed by atoms with van der Waals surface area (Å²) < 4.78 is 4.89. The molecular formula is C6H10INO3. The summed E-state index contributed by atoms with van der Waals surface area (Å²) in [6, 6.07) is -0.369.